The van der Waals surface area contributed by atoms with Crippen LogP contribution in [0.5, 0.6) is 0 Å². The number of nitrogens with zero attached hydrogens (tertiary/aromatic N) is 1. The minimum atomic E-state index is -0.638. The lowest BCUT2D eigenvalue weighted by Crippen LogP contribution is -2.48. The van der Waals surface area contributed by atoms with Crippen LogP contribution < -0.4 is 5.32 Å². The van der Waals surface area contributed by atoms with Crippen molar-refractivity contribution in [3.05, 3.63) is 34.9 Å². The van der Waals surface area contributed by atoms with E-state index in [1.54, 1.807) is 29.2 Å². The van der Waals surface area contributed by atoms with Crippen LogP contribution in [0.25, 0.3) is 0 Å². The van der Waals surface area contributed by atoms with E-state index in [4.69, 9.17) is 16.3 Å². The third-order valence-corrected chi connectivity index (χ3v) is 5.08. The molecule has 1 unspecified atom stereocenters. The first-order chi connectivity index (χ1) is 13.6. The van der Waals surface area contributed by atoms with Crippen molar-refractivity contribution in [1.82, 2.24) is 10.2 Å². The molecule has 1 heterocycles. The normalized spacial score (nSPS) is 16.2. The molecule has 1 atom stereocenters. The lowest BCUT2D eigenvalue weighted by atomic mass is 9.94. The van der Waals surface area contributed by atoms with Gasteiger partial charge < -0.3 is 15.0 Å². The number of piperidine rings is 1. The van der Waals surface area contributed by atoms with E-state index < -0.39 is 17.6 Å². The molecule has 7 heteroatoms. The molecule has 1 aromatic carbocycles. The Morgan fingerprint density at radius 2 is 1.76 bits per heavy atom. The van der Waals surface area contributed by atoms with Crippen LogP contribution in [0.15, 0.2) is 24.3 Å². The fourth-order valence-electron chi connectivity index (χ4n) is 3.32. The summed E-state index contributed by atoms with van der Waals surface area (Å²) in [5.74, 6) is -0.819. The average Bonchev–Trinajstić information content (AvgIpc) is 2.66. The molecule has 1 aliphatic heterocycles. The van der Waals surface area contributed by atoms with Crippen LogP contribution in [0.1, 0.15) is 63.7 Å². The molecule has 29 heavy (non-hydrogen) atoms. The van der Waals surface area contributed by atoms with E-state index in [9.17, 15) is 14.4 Å². The highest BCUT2D eigenvalue weighted by Gasteiger charge is 2.31. The molecule has 6 nitrogen and oxygen atoms in total. The SMILES string of the molecule is CCCC(NC(=O)C1CCN(C(=O)c2ccc(Cl)cc2)CC1)C(=O)OC(C)(C)C. The van der Waals surface area contributed by atoms with Crippen molar-refractivity contribution in [2.75, 3.05) is 13.1 Å². The quantitative estimate of drug-likeness (QED) is 0.707. The predicted molar refractivity (Wildman–Crippen MR) is 113 cm³/mol. The number of nitrogens with one attached hydrogen (secondary N) is 1. The third-order valence-electron chi connectivity index (χ3n) is 4.83. The Morgan fingerprint density at radius 3 is 2.28 bits per heavy atom. The van der Waals surface area contributed by atoms with Crippen molar-refractivity contribution >= 4 is 29.4 Å². The first-order valence-corrected chi connectivity index (χ1v) is 10.6. The summed E-state index contributed by atoms with van der Waals surface area (Å²) >= 11 is 5.88. The lowest BCUT2D eigenvalue weighted by molar-refractivity contribution is -0.159. The number of rotatable bonds is 6. The van der Waals surface area contributed by atoms with Gasteiger partial charge in [-0.15, -0.1) is 0 Å². The van der Waals surface area contributed by atoms with E-state index in [0.717, 1.165) is 6.42 Å². The minimum absolute atomic E-state index is 0.0573. The Kier molecular flexibility index (Phi) is 8.08. The topological polar surface area (TPSA) is 75.7 Å². The number of likely N-dealkylation sites (tertiary alicyclic amines) is 1. The maximum atomic E-state index is 12.7. The molecule has 0 aromatic heterocycles. The predicted octanol–water partition coefficient (Wildman–Crippen LogP) is 3.82. The van der Waals surface area contributed by atoms with Gasteiger partial charge >= 0.3 is 5.97 Å². The Morgan fingerprint density at radius 1 is 1.17 bits per heavy atom. The van der Waals surface area contributed by atoms with Crippen molar-refractivity contribution in [3.63, 3.8) is 0 Å². The van der Waals surface area contributed by atoms with Gasteiger partial charge in [-0.05, 0) is 64.3 Å². The van der Waals surface area contributed by atoms with Crippen LogP contribution >= 0.6 is 11.6 Å². The number of carbonyl (C=O) groups is 3. The number of hydrogen-bond donors (Lipinski definition) is 1. The fourth-order valence-corrected chi connectivity index (χ4v) is 3.45. The van der Waals surface area contributed by atoms with Crippen LogP contribution in [0.4, 0.5) is 0 Å². The summed E-state index contributed by atoms with van der Waals surface area (Å²) in [5, 5.41) is 3.45. The van der Waals surface area contributed by atoms with Gasteiger partial charge in [0.2, 0.25) is 5.91 Å². The molecule has 160 valence electrons. The van der Waals surface area contributed by atoms with E-state index in [1.165, 1.54) is 0 Å². The summed E-state index contributed by atoms with van der Waals surface area (Å²) in [6.07, 6.45) is 2.43. The van der Waals surface area contributed by atoms with Crippen molar-refractivity contribution < 1.29 is 19.1 Å². The number of hydrogen-bond acceptors (Lipinski definition) is 4. The van der Waals surface area contributed by atoms with Crippen molar-refractivity contribution in [2.45, 2.75) is 65.0 Å². The molecular formula is C22H31ClN2O4. The standard InChI is InChI=1S/C22H31ClN2O4/c1-5-6-18(21(28)29-22(2,3)4)24-19(26)15-11-13-25(14-12-15)20(27)16-7-9-17(23)10-8-16/h7-10,15,18H,5-6,11-14H2,1-4H3,(H,24,26). The molecule has 1 aliphatic rings. The third kappa shape index (κ3) is 7.03. The molecule has 1 saturated heterocycles. The monoisotopic (exact) mass is 422 g/mol. The number of esters is 1. The van der Waals surface area contributed by atoms with E-state index in [1.807, 2.05) is 27.7 Å². The summed E-state index contributed by atoms with van der Waals surface area (Å²) in [5.41, 5.74) is -0.00788. The number of amides is 2. The first kappa shape index (κ1) is 23.2. The molecule has 2 rings (SSSR count). The molecular weight excluding hydrogens is 392 g/mol. The second-order valence-corrected chi connectivity index (χ2v) is 8.89. The largest absolute Gasteiger partial charge is 0.458 e. The van der Waals surface area contributed by atoms with Gasteiger partial charge in [0.15, 0.2) is 0 Å². The van der Waals surface area contributed by atoms with Gasteiger partial charge in [-0.3, -0.25) is 9.59 Å². The van der Waals surface area contributed by atoms with Gasteiger partial charge in [-0.25, -0.2) is 4.79 Å². The summed E-state index contributed by atoms with van der Waals surface area (Å²) < 4.78 is 5.43. The zero-order chi connectivity index (χ0) is 21.6. The van der Waals surface area contributed by atoms with Crippen molar-refractivity contribution in [1.29, 1.82) is 0 Å². The van der Waals surface area contributed by atoms with Crippen LogP contribution in [-0.2, 0) is 14.3 Å². The Balaban J connectivity index is 1.90. The Hall–Kier alpha value is -2.08. The summed E-state index contributed by atoms with van der Waals surface area (Å²) in [6.45, 7) is 8.40. The molecule has 2 amide bonds. The van der Waals surface area contributed by atoms with Gasteiger partial charge in [0, 0.05) is 29.6 Å². The molecule has 0 radical (unpaired) electrons. The van der Waals surface area contributed by atoms with E-state index in [2.05, 4.69) is 5.32 Å². The minimum Gasteiger partial charge on any atom is -0.458 e. The highest BCUT2D eigenvalue weighted by atomic mass is 35.5. The zero-order valence-electron chi connectivity index (χ0n) is 17.7. The van der Waals surface area contributed by atoms with Gasteiger partial charge in [0.1, 0.15) is 11.6 Å². The highest BCUT2D eigenvalue weighted by molar-refractivity contribution is 6.30. The number of halogens is 1. The summed E-state index contributed by atoms with van der Waals surface area (Å²) in [6, 6.07) is 6.17. The van der Waals surface area contributed by atoms with E-state index in [0.29, 0.717) is 42.9 Å². The van der Waals surface area contributed by atoms with Crippen LogP contribution in [0.2, 0.25) is 5.02 Å². The number of carbonyl (C=O) groups excluding carboxylic acids is 3. The average molecular weight is 423 g/mol. The van der Waals surface area contributed by atoms with Crippen LogP contribution in [-0.4, -0.2) is 47.4 Å². The van der Waals surface area contributed by atoms with Crippen LogP contribution in [0.3, 0.4) is 0 Å². The van der Waals surface area contributed by atoms with E-state index in [-0.39, 0.29) is 17.7 Å². The molecule has 0 aliphatic carbocycles. The number of ether oxygens (including phenoxy) is 1. The smallest absolute Gasteiger partial charge is 0.329 e. The summed E-state index contributed by atoms with van der Waals surface area (Å²) in [7, 11) is 0. The maximum Gasteiger partial charge on any atom is 0.329 e. The zero-order valence-corrected chi connectivity index (χ0v) is 18.4. The van der Waals surface area contributed by atoms with Gasteiger partial charge in [0.05, 0.1) is 0 Å². The molecule has 1 aromatic rings. The van der Waals surface area contributed by atoms with Crippen LogP contribution in [0, 0.1) is 5.92 Å². The Labute approximate surface area is 177 Å². The lowest BCUT2D eigenvalue weighted by Gasteiger charge is -2.32. The van der Waals surface area contributed by atoms with Crippen molar-refractivity contribution in [2.24, 2.45) is 5.92 Å². The van der Waals surface area contributed by atoms with Gasteiger partial charge in [-0.1, -0.05) is 24.9 Å². The first-order valence-electron chi connectivity index (χ1n) is 10.2. The van der Waals surface area contributed by atoms with Gasteiger partial charge in [-0.2, -0.15) is 0 Å². The maximum absolute atomic E-state index is 12.7. The highest BCUT2D eigenvalue weighted by Crippen LogP contribution is 2.21. The fraction of sp³-hybridized carbons (Fsp3) is 0.591. The summed E-state index contributed by atoms with van der Waals surface area (Å²) in [4.78, 5) is 39.4. The van der Waals surface area contributed by atoms with Crippen molar-refractivity contribution in [3.8, 4) is 0 Å². The van der Waals surface area contributed by atoms with Gasteiger partial charge in [0.25, 0.3) is 5.91 Å². The Bertz CT molecular complexity index is 719. The van der Waals surface area contributed by atoms with E-state index >= 15 is 0 Å². The molecule has 1 N–H and O–H groups in total. The second-order valence-electron chi connectivity index (χ2n) is 8.46. The molecule has 0 bridgehead atoms. The molecule has 0 saturated carbocycles. The number of benzene rings is 1. The molecule has 0 spiro atoms. The second kappa shape index (κ2) is 10.1. The molecule has 1 fully saturated rings.